The second-order valence-electron chi connectivity index (χ2n) is 3.99. The fourth-order valence-electron chi connectivity index (χ4n) is 2.10. The number of aryl methyl sites for hydroxylation is 1. The zero-order chi connectivity index (χ0) is 13.4. The van der Waals surface area contributed by atoms with Crippen LogP contribution in [0.5, 0.6) is 0 Å². The Hall–Kier alpha value is -1.49. The first kappa shape index (κ1) is 13.0. The van der Waals surface area contributed by atoms with E-state index in [-0.39, 0.29) is 10.0 Å². The van der Waals surface area contributed by atoms with Crippen LogP contribution in [0.3, 0.4) is 0 Å². The topological polar surface area (TPSA) is 50.2 Å². The summed E-state index contributed by atoms with van der Waals surface area (Å²) in [6.45, 7) is 3.62. The van der Waals surface area contributed by atoms with Crippen LogP contribution in [0.15, 0.2) is 16.6 Å². The van der Waals surface area contributed by atoms with Gasteiger partial charge in [0.05, 0.1) is 15.6 Å². The van der Waals surface area contributed by atoms with Gasteiger partial charge in [0.25, 0.3) is 0 Å². The summed E-state index contributed by atoms with van der Waals surface area (Å²) >= 11 is 3.07. The van der Waals surface area contributed by atoms with Gasteiger partial charge in [-0.15, -0.1) is 0 Å². The van der Waals surface area contributed by atoms with Gasteiger partial charge in [0.2, 0.25) is 0 Å². The summed E-state index contributed by atoms with van der Waals surface area (Å²) in [5.74, 6) is -1.46. The number of pyridine rings is 1. The monoisotopic (exact) mass is 311 g/mol. The van der Waals surface area contributed by atoms with Gasteiger partial charge >= 0.3 is 5.97 Å². The third kappa shape index (κ3) is 1.99. The van der Waals surface area contributed by atoms with Crippen LogP contribution in [0, 0.1) is 12.7 Å². The minimum atomic E-state index is -1.01. The molecule has 2 rings (SSSR count). The minimum Gasteiger partial charge on any atom is -0.478 e. The van der Waals surface area contributed by atoms with Crippen LogP contribution in [0.4, 0.5) is 4.39 Å². The smallest absolute Gasteiger partial charge is 0.336 e. The maximum atomic E-state index is 13.5. The summed E-state index contributed by atoms with van der Waals surface area (Å²) in [4.78, 5) is 15.7. The Balaban J connectivity index is 2.97. The second kappa shape index (κ2) is 4.65. The summed E-state index contributed by atoms with van der Waals surface area (Å²) in [5, 5.41) is 9.80. The molecule has 0 saturated carbocycles. The van der Waals surface area contributed by atoms with E-state index in [0.717, 1.165) is 0 Å². The zero-order valence-electron chi connectivity index (χ0n) is 9.92. The molecule has 0 bridgehead atoms. The number of halogens is 2. The number of aromatic carboxylic acids is 1. The van der Waals surface area contributed by atoms with Gasteiger partial charge in [0, 0.05) is 17.1 Å². The average molecular weight is 312 g/mol. The highest BCUT2D eigenvalue weighted by molar-refractivity contribution is 9.10. The van der Waals surface area contributed by atoms with Crippen LogP contribution in [0.25, 0.3) is 10.9 Å². The number of carbonyl (C=O) groups is 1. The Morgan fingerprint density at radius 3 is 2.72 bits per heavy atom. The minimum absolute atomic E-state index is 0.209. The Bertz CT molecular complexity index is 655. The third-order valence-corrected chi connectivity index (χ3v) is 3.51. The molecule has 3 nitrogen and oxygen atoms in total. The molecule has 0 aliphatic carbocycles. The number of rotatable bonds is 2. The molecule has 1 N–H and O–H groups in total. The number of carboxylic acid groups (broad SMARTS) is 1. The van der Waals surface area contributed by atoms with Crippen molar-refractivity contribution in [1.29, 1.82) is 0 Å². The maximum Gasteiger partial charge on any atom is 0.336 e. The molecule has 1 aromatic carbocycles. The number of fused-ring (bicyclic) bond motifs is 1. The average Bonchev–Trinajstić information content (AvgIpc) is 2.29. The molecule has 18 heavy (non-hydrogen) atoms. The van der Waals surface area contributed by atoms with E-state index in [1.165, 1.54) is 12.1 Å². The normalized spacial score (nSPS) is 10.9. The molecule has 94 valence electrons. The first-order valence-electron chi connectivity index (χ1n) is 5.47. The molecule has 0 atom stereocenters. The van der Waals surface area contributed by atoms with Crippen molar-refractivity contribution in [3.63, 3.8) is 0 Å². The van der Waals surface area contributed by atoms with Crippen LogP contribution in [-0.2, 0) is 6.42 Å². The predicted molar refractivity (Wildman–Crippen MR) is 70.5 cm³/mol. The molecular formula is C13H11BrFNO2. The van der Waals surface area contributed by atoms with Gasteiger partial charge < -0.3 is 5.11 Å². The summed E-state index contributed by atoms with van der Waals surface area (Å²) < 4.78 is 13.7. The van der Waals surface area contributed by atoms with Crippen molar-refractivity contribution in [3.8, 4) is 0 Å². The van der Waals surface area contributed by atoms with Crippen molar-refractivity contribution in [1.82, 2.24) is 4.98 Å². The molecule has 0 saturated heterocycles. The van der Waals surface area contributed by atoms with Gasteiger partial charge in [-0.2, -0.15) is 0 Å². The van der Waals surface area contributed by atoms with Crippen molar-refractivity contribution in [2.45, 2.75) is 20.3 Å². The van der Waals surface area contributed by atoms with E-state index >= 15 is 0 Å². The van der Waals surface area contributed by atoms with Crippen molar-refractivity contribution in [2.24, 2.45) is 0 Å². The number of nitrogens with zero attached hydrogens (tertiary/aromatic N) is 1. The Morgan fingerprint density at radius 1 is 1.50 bits per heavy atom. The van der Waals surface area contributed by atoms with E-state index in [1.807, 2.05) is 6.92 Å². The van der Waals surface area contributed by atoms with Gasteiger partial charge in [0.1, 0.15) is 5.82 Å². The highest BCUT2D eigenvalue weighted by Crippen LogP contribution is 2.28. The second-order valence-corrected chi connectivity index (χ2v) is 4.85. The van der Waals surface area contributed by atoms with Crippen molar-refractivity contribution in [2.75, 3.05) is 0 Å². The van der Waals surface area contributed by atoms with Crippen LogP contribution < -0.4 is 0 Å². The first-order chi connectivity index (χ1) is 8.45. The Morgan fingerprint density at radius 2 is 2.17 bits per heavy atom. The van der Waals surface area contributed by atoms with Gasteiger partial charge in [-0.3, -0.25) is 4.98 Å². The number of benzene rings is 1. The van der Waals surface area contributed by atoms with Crippen LogP contribution in [-0.4, -0.2) is 16.1 Å². The molecule has 0 aliphatic rings. The fourth-order valence-corrected chi connectivity index (χ4v) is 2.44. The molecule has 5 heteroatoms. The molecule has 0 spiro atoms. The summed E-state index contributed by atoms with van der Waals surface area (Å²) in [6.07, 6.45) is 0.575. The van der Waals surface area contributed by atoms with Crippen LogP contribution >= 0.6 is 15.9 Å². The fraction of sp³-hybridized carbons (Fsp3) is 0.231. The lowest BCUT2D eigenvalue weighted by Crippen LogP contribution is -2.07. The summed E-state index contributed by atoms with van der Waals surface area (Å²) in [5.41, 5.74) is 1.89. The molecule has 2 aromatic rings. The lowest BCUT2D eigenvalue weighted by Gasteiger charge is -2.11. The molecular weight excluding hydrogens is 301 g/mol. The van der Waals surface area contributed by atoms with Crippen LogP contribution in [0.1, 0.15) is 28.5 Å². The number of carboxylic acids is 1. The molecule has 1 aromatic heterocycles. The summed E-state index contributed by atoms with van der Waals surface area (Å²) in [7, 11) is 0. The molecule has 0 fully saturated rings. The lowest BCUT2D eigenvalue weighted by atomic mass is 9.99. The third-order valence-electron chi connectivity index (χ3n) is 2.90. The van der Waals surface area contributed by atoms with E-state index < -0.39 is 11.8 Å². The van der Waals surface area contributed by atoms with Gasteiger partial charge in [0.15, 0.2) is 0 Å². The Kier molecular flexibility index (Phi) is 3.34. The predicted octanol–water partition coefficient (Wildman–Crippen LogP) is 3.71. The number of hydrogen-bond acceptors (Lipinski definition) is 2. The van der Waals surface area contributed by atoms with Crippen LogP contribution in [0.2, 0.25) is 0 Å². The maximum absolute atomic E-state index is 13.5. The number of hydrogen-bond donors (Lipinski definition) is 1. The van der Waals surface area contributed by atoms with E-state index in [0.29, 0.717) is 28.6 Å². The van der Waals surface area contributed by atoms with Crippen molar-refractivity contribution < 1.29 is 14.3 Å². The lowest BCUT2D eigenvalue weighted by molar-refractivity contribution is 0.0697. The SMILES string of the molecule is CCc1c(C)nc2cc(F)c(Br)cc2c1C(=O)O. The zero-order valence-corrected chi connectivity index (χ0v) is 11.5. The number of aromatic nitrogens is 1. The van der Waals surface area contributed by atoms with Crippen molar-refractivity contribution in [3.05, 3.63) is 39.2 Å². The van der Waals surface area contributed by atoms with E-state index in [1.54, 1.807) is 6.92 Å². The van der Waals surface area contributed by atoms with Crippen molar-refractivity contribution >= 4 is 32.8 Å². The highest BCUT2D eigenvalue weighted by atomic mass is 79.9. The molecule has 0 amide bonds. The van der Waals surface area contributed by atoms with E-state index in [9.17, 15) is 14.3 Å². The molecule has 1 heterocycles. The largest absolute Gasteiger partial charge is 0.478 e. The van der Waals surface area contributed by atoms with E-state index in [4.69, 9.17) is 0 Å². The first-order valence-corrected chi connectivity index (χ1v) is 6.26. The van der Waals surface area contributed by atoms with Gasteiger partial charge in [-0.05, 0) is 40.9 Å². The standard InChI is InChI=1S/C13H11BrFNO2/c1-3-7-6(2)16-11-5-10(15)9(14)4-8(11)12(7)13(17)18/h4-5H,3H2,1-2H3,(H,17,18). The highest BCUT2D eigenvalue weighted by Gasteiger charge is 2.18. The summed E-state index contributed by atoms with van der Waals surface area (Å²) in [6, 6.07) is 2.72. The molecule has 0 unspecified atom stereocenters. The molecule has 0 aliphatic heterocycles. The quantitative estimate of drug-likeness (QED) is 0.920. The van der Waals surface area contributed by atoms with E-state index in [2.05, 4.69) is 20.9 Å². The van der Waals surface area contributed by atoms with Gasteiger partial charge in [-0.1, -0.05) is 6.92 Å². The Labute approximate surface area is 112 Å². The molecule has 0 radical (unpaired) electrons. The van der Waals surface area contributed by atoms with Gasteiger partial charge in [-0.25, -0.2) is 9.18 Å².